The average molecular weight is 497 g/mol. The van der Waals surface area contributed by atoms with Crippen LogP contribution in [0.15, 0.2) is 71.2 Å². The highest BCUT2D eigenvalue weighted by atomic mass is 79.9. The zero-order valence-corrected chi connectivity index (χ0v) is 20.2. The number of halogens is 1. The molecule has 5 nitrogen and oxygen atoms in total. The molecule has 0 radical (unpaired) electrons. The fraction of sp³-hybridized carbons (Fsp3) is 0.269. The molecular weight excluding hydrogens is 468 g/mol. The molecule has 2 N–H and O–H groups in total. The van der Waals surface area contributed by atoms with Crippen molar-refractivity contribution < 1.29 is 14.3 Å². The van der Waals surface area contributed by atoms with Crippen LogP contribution in [0.5, 0.6) is 11.5 Å². The minimum atomic E-state index is -0.231. The normalized spacial score (nSPS) is 11.6. The number of amides is 1. The molecule has 32 heavy (non-hydrogen) atoms. The lowest BCUT2D eigenvalue weighted by Gasteiger charge is -2.18. The first-order valence-electron chi connectivity index (χ1n) is 10.7. The van der Waals surface area contributed by atoms with E-state index in [0.29, 0.717) is 24.7 Å². The predicted molar refractivity (Wildman–Crippen MR) is 132 cm³/mol. The van der Waals surface area contributed by atoms with E-state index in [1.807, 2.05) is 68.4 Å². The number of hydrogen-bond donors (Lipinski definition) is 2. The highest BCUT2D eigenvalue weighted by molar-refractivity contribution is 9.10. The zero-order valence-electron chi connectivity index (χ0n) is 18.7. The Morgan fingerprint density at radius 3 is 2.44 bits per heavy atom. The van der Waals surface area contributed by atoms with Crippen LogP contribution in [0.25, 0.3) is 0 Å². The lowest BCUT2D eigenvalue weighted by molar-refractivity contribution is -0.118. The minimum absolute atomic E-state index is 0.116. The summed E-state index contributed by atoms with van der Waals surface area (Å²) in [7, 11) is 0. The number of ether oxygens (including phenoxy) is 2. The molecule has 0 heterocycles. The van der Waals surface area contributed by atoms with Gasteiger partial charge in [0, 0.05) is 18.3 Å². The molecule has 0 spiro atoms. The van der Waals surface area contributed by atoms with E-state index in [2.05, 4.69) is 45.6 Å². The molecule has 3 rings (SSSR count). The van der Waals surface area contributed by atoms with Gasteiger partial charge < -0.3 is 20.1 Å². The second kappa shape index (κ2) is 11.7. The predicted octanol–water partition coefficient (Wildman–Crippen LogP) is 6.02. The van der Waals surface area contributed by atoms with Gasteiger partial charge in [-0.1, -0.05) is 48.0 Å². The van der Waals surface area contributed by atoms with E-state index >= 15 is 0 Å². The van der Waals surface area contributed by atoms with Crippen LogP contribution in [0, 0.1) is 6.92 Å². The molecule has 0 unspecified atom stereocenters. The van der Waals surface area contributed by atoms with E-state index < -0.39 is 0 Å². The van der Waals surface area contributed by atoms with Crippen molar-refractivity contribution in [3.05, 3.63) is 87.9 Å². The maximum atomic E-state index is 12.3. The van der Waals surface area contributed by atoms with Crippen LogP contribution in [-0.4, -0.2) is 19.1 Å². The van der Waals surface area contributed by atoms with Crippen molar-refractivity contribution in [1.82, 2.24) is 5.32 Å². The molecule has 0 aliphatic carbocycles. The first kappa shape index (κ1) is 23.8. The molecular formula is C26H29BrN2O3. The largest absolute Gasteiger partial charge is 0.490 e. The molecule has 0 fully saturated rings. The number of aryl methyl sites for hydroxylation is 1. The molecule has 0 aliphatic heterocycles. The Balaban J connectivity index is 1.64. The molecule has 1 amide bonds. The van der Waals surface area contributed by atoms with Gasteiger partial charge in [0.25, 0.3) is 5.91 Å². The maximum Gasteiger partial charge on any atom is 0.262 e. The van der Waals surface area contributed by atoms with Crippen molar-refractivity contribution in [3.8, 4) is 11.5 Å². The average Bonchev–Trinajstić information content (AvgIpc) is 2.79. The Morgan fingerprint density at radius 2 is 1.75 bits per heavy atom. The Labute approximate surface area is 198 Å². The maximum absolute atomic E-state index is 12.3. The summed E-state index contributed by atoms with van der Waals surface area (Å²) in [6, 6.07) is 22.1. The van der Waals surface area contributed by atoms with Crippen LogP contribution in [0.1, 0.15) is 36.6 Å². The van der Waals surface area contributed by atoms with E-state index in [1.165, 1.54) is 5.56 Å². The third kappa shape index (κ3) is 6.84. The van der Waals surface area contributed by atoms with Crippen molar-refractivity contribution in [3.63, 3.8) is 0 Å². The zero-order chi connectivity index (χ0) is 22.9. The van der Waals surface area contributed by atoms with E-state index in [0.717, 1.165) is 21.3 Å². The second-order valence-corrected chi connectivity index (χ2v) is 8.41. The van der Waals surface area contributed by atoms with Crippen LogP contribution in [0.3, 0.4) is 0 Å². The van der Waals surface area contributed by atoms with E-state index in [4.69, 9.17) is 9.47 Å². The molecule has 3 aromatic carbocycles. The summed E-state index contributed by atoms with van der Waals surface area (Å²) in [5, 5.41) is 6.37. The number of carbonyl (C=O) groups excluding carboxylic acids is 1. The summed E-state index contributed by atoms with van der Waals surface area (Å²) in [6.45, 7) is 7.11. The Kier molecular flexibility index (Phi) is 8.71. The SMILES string of the molecule is CCOc1cc(CN[C@@H](C)c2ccccc2)cc(Br)c1OCC(=O)Nc1ccc(C)cc1. The summed E-state index contributed by atoms with van der Waals surface area (Å²) in [5.41, 5.74) is 4.16. The third-order valence-electron chi connectivity index (χ3n) is 4.96. The number of nitrogens with one attached hydrogen (secondary N) is 2. The van der Waals surface area contributed by atoms with Crippen molar-refractivity contribution in [2.24, 2.45) is 0 Å². The number of rotatable bonds is 10. The van der Waals surface area contributed by atoms with Crippen LogP contribution in [0.2, 0.25) is 0 Å². The molecule has 0 aliphatic rings. The summed E-state index contributed by atoms with van der Waals surface area (Å²) in [4.78, 5) is 12.3. The Hall–Kier alpha value is -2.83. The van der Waals surface area contributed by atoms with Crippen molar-refractivity contribution in [2.75, 3.05) is 18.5 Å². The number of anilines is 1. The molecule has 0 saturated carbocycles. The summed E-state index contributed by atoms with van der Waals surface area (Å²) in [6.07, 6.45) is 0. The third-order valence-corrected chi connectivity index (χ3v) is 5.55. The van der Waals surface area contributed by atoms with E-state index in [1.54, 1.807) is 0 Å². The van der Waals surface area contributed by atoms with Gasteiger partial charge in [-0.2, -0.15) is 0 Å². The van der Waals surface area contributed by atoms with Gasteiger partial charge in [0.05, 0.1) is 11.1 Å². The van der Waals surface area contributed by atoms with Crippen LogP contribution >= 0.6 is 15.9 Å². The fourth-order valence-corrected chi connectivity index (χ4v) is 3.83. The second-order valence-electron chi connectivity index (χ2n) is 7.55. The van der Waals surface area contributed by atoms with Crippen LogP contribution < -0.4 is 20.1 Å². The first-order valence-corrected chi connectivity index (χ1v) is 11.5. The molecule has 3 aromatic rings. The minimum Gasteiger partial charge on any atom is -0.490 e. The molecule has 6 heteroatoms. The summed E-state index contributed by atoms with van der Waals surface area (Å²) in [5.74, 6) is 0.894. The quantitative estimate of drug-likeness (QED) is 0.360. The van der Waals surface area contributed by atoms with Gasteiger partial charge in [-0.25, -0.2) is 0 Å². The summed E-state index contributed by atoms with van der Waals surface area (Å²) < 4.78 is 12.4. The standard InChI is InChI=1S/C26H29BrN2O3/c1-4-31-24-15-20(16-28-19(3)21-8-6-5-7-9-21)14-23(27)26(24)32-17-25(30)29-22-12-10-18(2)11-13-22/h5-15,19,28H,4,16-17H2,1-3H3,(H,29,30)/t19-/m0/s1. The van der Waals surface area contributed by atoms with E-state index in [-0.39, 0.29) is 18.6 Å². The number of carbonyl (C=O) groups is 1. The number of hydrogen-bond acceptors (Lipinski definition) is 4. The van der Waals surface area contributed by atoms with Gasteiger partial charge in [0.1, 0.15) is 0 Å². The molecule has 168 valence electrons. The highest BCUT2D eigenvalue weighted by Gasteiger charge is 2.15. The van der Waals surface area contributed by atoms with Crippen LogP contribution in [0.4, 0.5) is 5.69 Å². The van der Waals surface area contributed by atoms with Gasteiger partial charge in [0.2, 0.25) is 0 Å². The van der Waals surface area contributed by atoms with Gasteiger partial charge in [-0.3, -0.25) is 4.79 Å². The van der Waals surface area contributed by atoms with Crippen molar-refractivity contribution in [1.29, 1.82) is 0 Å². The molecule has 0 saturated heterocycles. The summed E-state index contributed by atoms with van der Waals surface area (Å²) >= 11 is 3.58. The smallest absolute Gasteiger partial charge is 0.262 e. The monoisotopic (exact) mass is 496 g/mol. The van der Waals surface area contributed by atoms with Crippen molar-refractivity contribution >= 4 is 27.5 Å². The molecule has 0 aromatic heterocycles. The molecule has 0 bridgehead atoms. The van der Waals surface area contributed by atoms with Gasteiger partial charge in [-0.05, 0) is 72.1 Å². The number of benzene rings is 3. The van der Waals surface area contributed by atoms with Gasteiger partial charge in [0.15, 0.2) is 18.1 Å². The van der Waals surface area contributed by atoms with Gasteiger partial charge in [-0.15, -0.1) is 0 Å². The highest BCUT2D eigenvalue weighted by Crippen LogP contribution is 2.37. The fourth-order valence-electron chi connectivity index (χ4n) is 3.23. The van der Waals surface area contributed by atoms with Crippen LogP contribution in [-0.2, 0) is 11.3 Å². The lowest BCUT2D eigenvalue weighted by atomic mass is 10.1. The topological polar surface area (TPSA) is 59.6 Å². The Bertz CT molecular complexity index is 1020. The lowest BCUT2D eigenvalue weighted by Crippen LogP contribution is -2.21. The molecule has 1 atom stereocenters. The van der Waals surface area contributed by atoms with E-state index in [9.17, 15) is 4.79 Å². The van der Waals surface area contributed by atoms with Gasteiger partial charge >= 0.3 is 0 Å². The van der Waals surface area contributed by atoms with Crippen molar-refractivity contribution in [2.45, 2.75) is 33.4 Å². The Morgan fingerprint density at radius 1 is 1.03 bits per heavy atom. The first-order chi connectivity index (χ1) is 15.5.